The minimum absolute atomic E-state index is 0. The van der Waals surface area contributed by atoms with Gasteiger partial charge in [-0.15, -0.1) is 0 Å². The van der Waals surface area contributed by atoms with Crippen LogP contribution in [0, 0.1) is 22.7 Å². The topological polar surface area (TPSA) is 162 Å². The zero-order chi connectivity index (χ0) is 52.2. The van der Waals surface area contributed by atoms with Crippen LogP contribution in [0.2, 0.25) is 0 Å². The average molecular weight is 1060 g/mol. The van der Waals surface area contributed by atoms with Gasteiger partial charge in [0.05, 0.1) is 47.5 Å². The van der Waals surface area contributed by atoms with Crippen molar-refractivity contribution in [3.63, 3.8) is 0 Å². The van der Waals surface area contributed by atoms with Gasteiger partial charge in [0.2, 0.25) is 5.91 Å². The Balaban J connectivity index is 0.000000265. The molecule has 4 aromatic rings. The van der Waals surface area contributed by atoms with Crippen molar-refractivity contribution >= 4 is 34.6 Å². The van der Waals surface area contributed by atoms with Gasteiger partial charge in [-0.2, -0.15) is 36.9 Å². The van der Waals surface area contributed by atoms with Crippen molar-refractivity contribution in [2.24, 2.45) is 0 Å². The van der Waals surface area contributed by atoms with Crippen LogP contribution in [0.4, 0.5) is 49.1 Å². The predicted molar refractivity (Wildman–Crippen MR) is 268 cm³/mol. The van der Waals surface area contributed by atoms with Crippen LogP contribution in [0.5, 0.6) is 0 Å². The molecule has 4 saturated heterocycles. The van der Waals surface area contributed by atoms with Gasteiger partial charge >= 0.3 is 31.2 Å². The molecule has 4 aliphatic rings. The number of nitrogens with zero attached hydrogens (tertiary/aromatic N) is 7. The van der Waals surface area contributed by atoms with Crippen LogP contribution in [0.15, 0.2) is 97.1 Å². The fourth-order valence-corrected chi connectivity index (χ4v) is 9.41. The Morgan fingerprint density at radius 2 is 0.987 bits per heavy atom. The normalized spacial score (nSPS) is 16.8. The van der Waals surface area contributed by atoms with Crippen molar-refractivity contribution < 1.29 is 77.6 Å². The number of carboxylic acids is 1. The number of piperazine rings is 2. The van der Waals surface area contributed by atoms with Crippen LogP contribution >= 0.6 is 0 Å². The van der Waals surface area contributed by atoms with E-state index in [1.807, 2.05) is 52.3 Å². The number of rotatable bonds is 14. The number of likely N-dealkylation sites (tertiary alicyclic amines) is 1. The summed E-state index contributed by atoms with van der Waals surface area (Å²) in [5.74, 6) is -0.841. The number of carboxylic acid groups (broad SMARTS) is 1. The summed E-state index contributed by atoms with van der Waals surface area (Å²) in [6, 6.07) is 30.9. The van der Waals surface area contributed by atoms with E-state index in [9.17, 15) is 41.0 Å². The van der Waals surface area contributed by atoms with Gasteiger partial charge in [-0.1, -0.05) is 12.1 Å². The van der Waals surface area contributed by atoms with Crippen LogP contribution in [-0.4, -0.2) is 130 Å². The third-order valence-corrected chi connectivity index (χ3v) is 13.6. The van der Waals surface area contributed by atoms with Crippen molar-refractivity contribution in [2.45, 2.75) is 75.8 Å². The van der Waals surface area contributed by atoms with E-state index in [0.29, 0.717) is 37.0 Å². The minimum Gasteiger partial charge on any atom is -1.00 e. The second-order valence-electron chi connectivity index (χ2n) is 18.8. The number of hydrogen-bond acceptors (Lipinski definition) is 11. The molecule has 4 N–H and O–H groups in total. The summed E-state index contributed by atoms with van der Waals surface area (Å²) in [5, 5.41) is 37.5. The molecule has 0 saturated carbocycles. The summed E-state index contributed by atoms with van der Waals surface area (Å²) in [6.07, 6.45) is -2.50. The maximum Gasteiger partial charge on any atom is 1.00 e. The van der Waals surface area contributed by atoms with E-state index in [1.54, 1.807) is 18.2 Å². The molecular formula is C54H66ClF6LiN10O3. The Labute approximate surface area is 454 Å². The smallest absolute Gasteiger partial charge is 1.00 e. The Bertz CT molecular complexity index is 2430. The second-order valence-corrected chi connectivity index (χ2v) is 18.8. The standard InChI is InChI=1S/C27H32F3N5O.C15H19F3N2O2.C12H15N3.ClH.Li/c28-27(29,30)22-6-8-25(9-7-22)34-17-15-33(16-18-34)12-2-5-26(36)35-13-10-23(11-14-35)32-24-4-1-3-21(19-24)20-31;16-15(17,18)12-3-5-13(6-4-12)20-10-8-19(9-11-20)7-1-2-14(21)22;13-9-10-2-1-3-12(8-10)15-11-4-6-14-7-5-11;;/h1,3-4,6-9,19,23,32H,2,5,10-18H2;3-6H,1-2,7-11H2,(H,21,22);1-3,8,11,14-15H,4-7H2;1H;/q;;;;+1/p-1. The van der Waals surface area contributed by atoms with Crippen LogP contribution in [-0.2, 0) is 21.9 Å². The third-order valence-electron chi connectivity index (χ3n) is 13.6. The van der Waals surface area contributed by atoms with Gasteiger partial charge in [-0.25, -0.2) is 0 Å². The Morgan fingerprint density at radius 1 is 0.587 bits per heavy atom. The van der Waals surface area contributed by atoms with Gasteiger partial charge in [-0.05, 0) is 130 Å². The van der Waals surface area contributed by atoms with E-state index >= 15 is 0 Å². The molecule has 75 heavy (non-hydrogen) atoms. The number of nitriles is 2. The molecule has 21 heteroatoms. The summed E-state index contributed by atoms with van der Waals surface area (Å²) >= 11 is 0. The fraction of sp³-hybridized carbons (Fsp3) is 0.481. The maximum absolute atomic E-state index is 12.8. The summed E-state index contributed by atoms with van der Waals surface area (Å²) < 4.78 is 75.9. The Hall–Kier alpha value is -5.65. The van der Waals surface area contributed by atoms with Crippen molar-refractivity contribution in [3.05, 3.63) is 119 Å². The number of anilines is 4. The van der Waals surface area contributed by atoms with E-state index in [2.05, 4.69) is 42.8 Å². The van der Waals surface area contributed by atoms with Gasteiger partial charge in [0.25, 0.3) is 0 Å². The molecule has 0 aliphatic carbocycles. The van der Waals surface area contributed by atoms with E-state index in [1.165, 1.54) is 38.1 Å². The molecule has 8 rings (SSSR count). The van der Waals surface area contributed by atoms with E-state index in [0.717, 1.165) is 144 Å². The monoisotopic (exact) mass is 1060 g/mol. The van der Waals surface area contributed by atoms with Crippen LogP contribution in [0.1, 0.15) is 73.6 Å². The van der Waals surface area contributed by atoms with E-state index in [-0.39, 0.29) is 43.6 Å². The summed E-state index contributed by atoms with van der Waals surface area (Å²) in [7, 11) is 0. The third kappa shape index (κ3) is 20.8. The van der Waals surface area contributed by atoms with Crippen molar-refractivity contribution in [1.82, 2.24) is 14.7 Å². The molecule has 4 fully saturated rings. The molecule has 0 unspecified atom stereocenters. The molecule has 1 amide bonds. The van der Waals surface area contributed by atoms with Gasteiger partial charge < -0.3 is 53.0 Å². The number of aliphatic carboxylic acids is 1. The number of benzene rings is 4. The first-order chi connectivity index (χ1) is 35.1. The molecule has 4 heterocycles. The number of piperidine rings is 2. The van der Waals surface area contributed by atoms with Gasteiger partial charge in [-0.3, -0.25) is 14.6 Å². The molecule has 0 bridgehead atoms. The van der Waals surface area contributed by atoms with Crippen molar-refractivity contribution in [1.29, 1.82) is 10.5 Å². The first-order valence-corrected chi connectivity index (χ1v) is 25.2. The number of halogens is 7. The molecule has 0 aromatic heterocycles. The Kier molecular flexibility index (Phi) is 25.4. The number of carbonyl (C=O) groups excluding carboxylic acids is 2. The molecule has 0 atom stereocenters. The largest absolute Gasteiger partial charge is 1.00 e. The molecule has 4 aromatic carbocycles. The number of amides is 1. The number of nitrogens with two attached hydrogens (primary N) is 1. The Morgan fingerprint density at radius 3 is 1.37 bits per heavy atom. The number of alkyl halides is 6. The van der Waals surface area contributed by atoms with E-state index < -0.39 is 29.4 Å². The molecule has 400 valence electrons. The number of hydrogen-bond donors (Lipinski definition) is 3. The van der Waals surface area contributed by atoms with Crippen LogP contribution in [0.3, 0.4) is 0 Å². The minimum atomic E-state index is -4.31. The first-order valence-electron chi connectivity index (χ1n) is 25.2. The van der Waals surface area contributed by atoms with Gasteiger partial charge in [0.1, 0.15) is 0 Å². The number of quaternary nitrogens is 1. The number of carbonyl (C=O) groups is 2. The second kappa shape index (κ2) is 30.8. The zero-order valence-corrected chi connectivity index (χ0v) is 43.3. The SMILES string of the molecule is N#Cc1cccc(NC2CCN(C(=O)CCCN3CCN(c4ccc(C(F)(F)F)cc4)CC3)CC2)c1.N#Cc1cccc(NC2CC[NH2+]CC2)c1.O=C([O-])CCCN1CCN(c2ccc(C(F)(F)F)cc2)CC1.[Cl-].[Li+]. The summed E-state index contributed by atoms with van der Waals surface area (Å²) in [5.41, 5.74) is 3.70. The quantitative estimate of drug-likeness (QED) is 0.120. The van der Waals surface area contributed by atoms with E-state index in [4.69, 9.17) is 10.5 Å². The fourth-order valence-electron chi connectivity index (χ4n) is 9.41. The average Bonchev–Trinajstić information content (AvgIpc) is 3.39. The predicted octanol–water partition coefficient (Wildman–Crippen LogP) is 0.644. The molecule has 0 radical (unpaired) electrons. The van der Waals surface area contributed by atoms with Crippen molar-refractivity contribution in [2.75, 3.05) is 112 Å². The summed E-state index contributed by atoms with van der Waals surface area (Å²) in [6.45, 7) is 11.6. The molecular weight excluding hydrogens is 993 g/mol. The van der Waals surface area contributed by atoms with Gasteiger partial charge in [0.15, 0.2) is 0 Å². The number of nitrogens with one attached hydrogen (secondary N) is 2. The van der Waals surface area contributed by atoms with Gasteiger partial charge in [0, 0.05) is 126 Å². The van der Waals surface area contributed by atoms with Crippen LogP contribution < -0.4 is 62.1 Å². The maximum atomic E-state index is 12.8. The molecule has 13 nitrogen and oxygen atoms in total. The first kappa shape index (κ1) is 61.9. The van der Waals surface area contributed by atoms with Crippen molar-refractivity contribution in [3.8, 4) is 12.1 Å². The zero-order valence-electron chi connectivity index (χ0n) is 42.5. The summed E-state index contributed by atoms with van der Waals surface area (Å²) in [4.78, 5) is 33.6. The molecule has 4 aliphatic heterocycles. The molecule has 0 spiro atoms. The van der Waals surface area contributed by atoms with Crippen LogP contribution in [0.25, 0.3) is 0 Å².